The molecule has 1 amide bonds. The molecule has 0 saturated carbocycles. The summed E-state index contributed by atoms with van der Waals surface area (Å²) in [6.07, 6.45) is 1.96. The number of amides is 1. The van der Waals surface area contributed by atoms with Crippen molar-refractivity contribution < 1.29 is 4.79 Å². The number of halogens is 1. The number of carbonyl (C=O) groups excluding carboxylic acids is 1. The molecule has 1 aliphatic rings. The number of nitrogens with zero attached hydrogens (tertiary/aromatic N) is 1. The maximum Gasteiger partial charge on any atom is 0.235 e. The molecule has 0 aliphatic carbocycles. The average Bonchev–Trinajstić information content (AvgIpc) is 2.28. The fraction of sp³-hybridized carbons (Fsp3) is 0.857. The lowest BCUT2D eigenvalue weighted by atomic mass is 10.1. The van der Waals surface area contributed by atoms with E-state index in [0.717, 1.165) is 6.54 Å². The summed E-state index contributed by atoms with van der Waals surface area (Å²) >= 11 is 7.32. The number of hydrogen-bond acceptors (Lipinski definition) is 2. The quantitative estimate of drug-likeness (QED) is 0.611. The van der Waals surface area contributed by atoms with Crippen molar-refractivity contribution in [3.05, 3.63) is 0 Å². The smallest absolute Gasteiger partial charge is 0.235 e. The minimum atomic E-state index is 0.0949. The van der Waals surface area contributed by atoms with E-state index in [2.05, 4.69) is 0 Å². The van der Waals surface area contributed by atoms with Crippen LogP contribution in [0.3, 0.4) is 0 Å². The molecular formula is C7H12ClNOS. The predicted octanol–water partition coefficient (Wildman–Crippen LogP) is 1.04. The zero-order valence-electron chi connectivity index (χ0n) is 6.71. The highest BCUT2D eigenvalue weighted by Gasteiger charge is 2.37. The van der Waals surface area contributed by atoms with E-state index in [0.29, 0.717) is 11.8 Å². The molecule has 0 aromatic heterocycles. The summed E-state index contributed by atoms with van der Waals surface area (Å²) in [6.45, 7) is 0.813. The van der Waals surface area contributed by atoms with Crippen LogP contribution in [-0.4, -0.2) is 41.8 Å². The van der Waals surface area contributed by atoms with Crippen molar-refractivity contribution in [3.8, 4) is 0 Å². The van der Waals surface area contributed by atoms with E-state index < -0.39 is 0 Å². The predicted molar refractivity (Wildman–Crippen MR) is 49.2 cm³/mol. The van der Waals surface area contributed by atoms with Gasteiger partial charge in [0.2, 0.25) is 5.91 Å². The molecule has 0 radical (unpaired) electrons. The lowest BCUT2D eigenvalue weighted by Crippen LogP contribution is -2.24. The third kappa shape index (κ3) is 1.64. The topological polar surface area (TPSA) is 20.3 Å². The summed E-state index contributed by atoms with van der Waals surface area (Å²) in [5.74, 6) is 1.15. The molecule has 4 heteroatoms. The number of rotatable bonds is 2. The molecule has 1 fully saturated rings. The van der Waals surface area contributed by atoms with Crippen LogP contribution in [0.2, 0.25) is 0 Å². The van der Waals surface area contributed by atoms with Crippen LogP contribution in [0.15, 0.2) is 0 Å². The Hall–Kier alpha value is 0.110. The first kappa shape index (κ1) is 9.20. The second-order valence-corrected chi connectivity index (χ2v) is 4.08. The molecular weight excluding hydrogens is 182 g/mol. The van der Waals surface area contributed by atoms with Crippen molar-refractivity contribution in [1.82, 2.24) is 4.90 Å². The number of thioether (sulfide) groups is 1. The number of hydrogen-bond donors (Lipinski definition) is 0. The van der Waals surface area contributed by atoms with Crippen molar-refractivity contribution in [1.29, 1.82) is 0 Å². The van der Waals surface area contributed by atoms with Crippen molar-refractivity contribution in [2.24, 2.45) is 5.92 Å². The molecule has 1 rings (SSSR count). The van der Waals surface area contributed by atoms with Crippen LogP contribution in [0.1, 0.15) is 0 Å². The van der Waals surface area contributed by atoms with Gasteiger partial charge in [-0.3, -0.25) is 4.79 Å². The molecule has 0 aromatic carbocycles. The van der Waals surface area contributed by atoms with Crippen LogP contribution < -0.4 is 0 Å². The molecule has 0 N–H and O–H groups in total. The minimum absolute atomic E-state index is 0.0949. The Balaban J connectivity index is 2.64. The maximum atomic E-state index is 11.4. The zero-order valence-corrected chi connectivity index (χ0v) is 8.28. The highest BCUT2D eigenvalue weighted by atomic mass is 35.5. The number of carbonyl (C=O) groups is 1. The normalized spacial score (nSPS) is 31.5. The Morgan fingerprint density at radius 3 is 2.82 bits per heavy atom. The van der Waals surface area contributed by atoms with E-state index in [1.807, 2.05) is 13.3 Å². The van der Waals surface area contributed by atoms with Crippen LogP contribution in [0.25, 0.3) is 0 Å². The summed E-state index contributed by atoms with van der Waals surface area (Å²) in [5.41, 5.74) is 0. The average molecular weight is 194 g/mol. The number of alkyl halides is 1. The van der Waals surface area contributed by atoms with Gasteiger partial charge in [0.05, 0.1) is 5.25 Å². The Bertz CT molecular complexity index is 165. The van der Waals surface area contributed by atoms with Crippen LogP contribution in [0.5, 0.6) is 0 Å². The second kappa shape index (κ2) is 3.68. The van der Waals surface area contributed by atoms with Gasteiger partial charge in [-0.2, -0.15) is 11.8 Å². The van der Waals surface area contributed by atoms with Crippen molar-refractivity contribution >= 4 is 29.3 Å². The van der Waals surface area contributed by atoms with Gasteiger partial charge in [-0.1, -0.05) is 0 Å². The van der Waals surface area contributed by atoms with Gasteiger partial charge in [0.1, 0.15) is 0 Å². The van der Waals surface area contributed by atoms with E-state index in [4.69, 9.17) is 11.6 Å². The first-order chi connectivity index (χ1) is 5.20. The SMILES string of the molecule is CS[C@@H]1C(=O)N(C)C[C@@H]1CCl. The molecule has 2 atom stereocenters. The molecule has 1 saturated heterocycles. The van der Waals surface area contributed by atoms with Gasteiger partial charge in [-0.15, -0.1) is 11.6 Å². The van der Waals surface area contributed by atoms with Crippen LogP contribution >= 0.6 is 23.4 Å². The Morgan fingerprint density at radius 1 is 1.82 bits per heavy atom. The van der Waals surface area contributed by atoms with Gasteiger partial charge >= 0.3 is 0 Å². The summed E-state index contributed by atoms with van der Waals surface area (Å²) in [7, 11) is 1.83. The standard InChI is InChI=1S/C7H12ClNOS/c1-9-4-5(3-8)6(11-2)7(9)10/h5-6H,3-4H2,1-2H3/t5-,6-/m0/s1. The third-order valence-electron chi connectivity index (χ3n) is 2.01. The summed E-state index contributed by atoms with van der Waals surface area (Å²) in [6, 6.07) is 0. The van der Waals surface area contributed by atoms with Crippen molar-refractivity contribution in [2.45, 2.75) is 5.25 Å². The van der Waals surface area contributed by atoms with Gasteiger partial charge in [-0.05, 0) is 6.26 Å². The maximum absolute atomic E-state index is 11.4. The molecule has 0 unspecified atom stereocenters. The summed E-state index contributed by atoms with van der Waals surface area (Å²) in [4.78, 5) is 13.1. The van der Waals surface area contributed by atoms with E-state index in [1.165, 1.54) is 0 Å². The Kier molecular flexibility index (Phi) is 3.07. The fourth-order valence-corrected chi connectivity index (χ4v) is 2.71. The molecule has 11 heavy (non-hydrogen) atoms. The van der Waals surface area contributed by atoms with Gasteiger partial charge in [0, 0.05) is 25.4 Å². The second-order valence-electron chi connectivity index (χ2n) is 2.79. The molecule has 0 aromatic rings. The van der Waals surface area contributed by atoms with Crippen LogP contribution in [0.4, 0.5) is 0 Å². The third-order valence-corrected chi connectivity index (χ3v) is 3.50. The lowest BCUT2D eigenvalue weighted by Gasteiger charge is -2.09. The Labute approximate surface area is 76.3 Å². The van der Waals surface area contributed by atoms with E-state index in [1.54, 1.807) is 16.7 Å². The Morgan fingerprint density at radius 2 is 2.45 bits per heavy atom. The van der Waals surface area contributed by atoms with Gasteiger partial charge in [-0.25, -0.2) is 0 Å². The highest BCUT2D eigenvalue weighted by Crippen LogP contribution is 2.27. The van der Waals surface area contributed by atoms with E-state index >= 15 is 0 Å². The molecule has 64 valence electrons. The molecule has 2 nitrogen and oxygen atoms in total. The molecule has 0 spiro atoms. The fourth-order valence-electron chi connectivity index (χ4n) is 1.38. The molecule has 0 bridgehead atoms. The van der Waals surface area contributed by atoms with Gasteiger partial charge in [0.25, 0.3) is 0 Å². The first-order valence-electron chi connectivity index (χ1n) is 3.54. The minimum Gasteiger partial charge on any atom is -0.344 e. The van der Waals surface area contributed by atoms with Crippen molar-refractivity contribution in [3.63, 3.8) is 0 Å². The first-order valence-corrected chi connectivity index (χ1v) is 5.36. The largest absolute Gasteiger partial charge is 0.344 e. The van der Waals surface area contributed by atoms with Crippen LogP contribution in [0, 0.1) is 5.92 Å². The van der Waals surface area contributed by atoms with Crippen molar-refractivity contribution in [2.75, 3.05) is 25.7 Å². The molecule has 1 aliphatic heterocycles. The van der Waals surface area contributed by atoms with E-state index in [-0.39, 0.29) is 11.2 Å². The van der Waals surface area contributed by atoms with Gasteiger partial charge in [0.15, 0.2) is 0 Å². The van der Waals surface area contributed by atoms with Crippen LogP contribution in [-0.2, 0) is 4.79 Å². The lowest BCUT2D eigenvalue weighted by molar-refractivity contribution is -0.126. The molecule has 1 heterocycles. The van der Waals surface area contributed by atoms with Gasteiger partial charge < -0.3 is 4.90 Å². The van der Waals surface area contributed by atoms with E-state index in [9.17, 15) is 4.79 Å². The highest BCUT2D eigenvalue weighted by molar-refractivity contribution is 7.99. The summed E-state index contributed by atoms with van der Waals surface area (Å²) in [5, 5.41) is 0.0949. The monoisotopic (exact) mass is 193 g/mol. The number of likely N-dealkylation sites (tertiary alicyclic amines) is 1. The summed E-state index contributed by atoms with van der Waals surface area (Å²) < 4.78 is 0. The zero-order chi connectivity index (χ0) is 8.43.